The van der Waals surface area contributed by atoms with E-state index < -0.39 is 0 Å². The number of nitrogens with one attached hydrogen (secondary N) is 1. The lowest BCUT2D eigenvalue weighted by Gasteiger charge is -2.20. The maximum atomic E-state index is 5.09. The van der Waals surface area contributed by atoms with Crippen LogP contribution in [0.5, 0.6) is 0 Å². The molecule has 0 amide bonds. The van der Waals surface area contributed by atoms with Gasteiger partial charge >= 0.3 is 0 Å². The molecule has 0 aromatic carbocycles. The Morgan fingerprint density at radius 3 is 3.11 bits per heavy atom. The molecule has 3 heterocycles. The van der Waals surface area contributed by atoms with E-state index in [0.717, 1.165) is 49.7 Å². The molecule has 3 rings (SSSR count). The summed E-state index contributed by atoms with van der Waals surface area (Å²) in [6.07, 6.45) is 6.13. The fourth-order valence-electron chi connectivity index (χ4n) is 2.16. The van der Waals surface area contributed by atoms with Gasteiger partial charge in [-0.3, -0.25) is 0 Å². The molecule has 0 aliphatic carbocycles. The summed E-state index contributed by atoms with van der Waals surface area (Å²) in [7, 11) is 0. The van der Waals surface area contributed by atoms with Crippen molar-refractivity contribution in [2.75, 3.05) is 31.1 Å². The van der Waals surface area contributed by atoms with Gasteiger partial charge in [-0.05, 0) is 19.0 Å². The maximum absolute atomic E-state index is 5.09. The third kappa shape index (κ3) is 2.36. The molecule has 0 atom stereocenters. The highest BCUT2D eigenvalue weighted by Gasteiger charge is 2.12. The van der Waals surface area contributed by atoms with Gasteiger partial charge in [0.2, 0.25) is 0 Å². The summed E-state index contributed by atoms with van der Waals surface area (Å²) in [6, 6.07) is 3.94. The third-order valence-corrected chi connectivity index (χ3v) is 3.13. The molecular weight excluding hydrogens is 228 g/mol. The lowest BCUT2D eigenvalue weighted by Crippen LogP contribution is -2.28. The molecule has 1 N–H and O–H groups in total. The van der Waals surface area contributed by atoms with Crippen LogP contribution in [0, 0.1) is 0 Å². The van der Waals surface area contributed by atoms with E-state index in [0.29, 0.717) is 0 Å². The highest BCUT2D eigenvalue weighted by atomic mass is 16.3. The summed E-state index contributed by atoms with van der Waals surface area (Å²) in [5.41, 5.74) is 1.90. The number of anilines is 1. The molecule has 1 fully saturated rings. The number of rotatable bonds is 2. The van der Waals surface area contributed by atoms with E-state index in [-0.39, 0.29) is 0 Å². The Kier molecular flexibility index (Phi) is 3.23. The highest BCUT2D eigenvalue weighted by Crippen LogP contribution is 2.21. The molecule has 1 aliphatic heterocycles. The first-order chi connectivity index (χ1) is 8.93. The Balaban J connectivity index is 1.86. The minimum Gasteiger partial charge on any atom is -0.472 e. The maximum Gasteiger partial charge on any atom is 0.132 e. The number of hydrogen-bond donors (Lipinski definition) is 1. The van der Waals surface area contributed by atoms with Crippen LogP contribution >= 0.6 is 0 Å². The molecule has 1 aliphatic rings. The summed E-state index contributed by atoms with van der Waals surface area (Å²) in [4.78, 5) is 11.0. The Hall–Kier alpha value is -1.88. The second kappa shape index (κ2) is 5.18. The zero-order chi connectivity index (χ0) is 12.2. The number of nitrogens with zero attached hydrogens (tertiary/aromatic N) is 3. The molecule has 2 aromatic heterocycles. The van der Waals surface area contributed by atoms with Crippen molar-refractivity contribution in [2.24, 2.45) is 0 Å². The van der Waals surface area contributed by atoms with Crippen LogP contribution in [0.25, 0.3) is 11.3 Å². The van der Waals surface area contributed by atoms with Gasteiger partial charge in [0, 0.05) is 31.3 Å². The van der Waals surface area contributed by atoms with Crippen molar-refractivity contribution in [1.29, 1.82) is 0 Å². The zero-order valence-electron chi connectivity index (χ0n) is 10.2. The quantitative estimate of drug-likeness (QED) is 0.868. The summed E-state index contributed by atoms with van der Waals surface area (Å²) >= 11 is 0. The van der Waals surface area contributed by atoms with Gasteiger partial charge in [-0.15, -0.1) is 0 Å². The van der Waals surface area contributed by atoms with Crippen LogP contribution in [0.3, 0.4) is 0 Å². The Morgan fingerprint density at radius 1 is 1.22 bits per heavy atom. The first-order valence-electron chi connectivity index (χ1n) is 6.24. The van der Waals surface area contributed by atoms with Gasteiger partial charge in [-0.25, -0.2) is 9.97 Å². The second-order valence-electron chi connectivity index (χ2n) is 4.36. The minimum absolute atomic E-state index is 0.908. The monoisotopic (exact) mass is 244 g/mol. The molecule has 0 bridgehead atoms. The van der Waals surface area contributed by atoms with Crippen LogP contribution < -0.4 is 10.2 Å². The normalized spacial score (nSPS) is 16.6. The van der Waals surface area contributed by atoms with Crippen LogP contribution in [0.4, 0.5) is 5.82 Å². The minimum atomic E-state index is 0.908. The van der Waals surface area contributed by atoms with Gasteiger partial charge in [-0.1, -0.05) is 0 Å². The first-order valence-corrected chi connectivity index (χ1v) is 6.24. The summed E-state index contributed by atoms with van der Waals surface area (Å²) in [5.74, 6) is 0.991. The standard InChI is InChI=1S/C13H16N4O/c1-3-14-4-6-17(5-1)13-8-12(15-10-16-13)11-2-7-18-9-11/h2,7-10,14H,1,3-6H2. The molecule has 0 saturated carbocycles. The average molecular weight is 244 g/mol. The number of hydrogen-bond acceptors (Lipinski definition) is 5. The van der Waals surface area contributed by atoms with Crippen molar-refractivity contribution in [3.8, 4) is 11.3 Å². The van der Waals surface area contributed by atoms with Crippen molar-refractivity contribution in [3.63, 3.8) is 0 Å². The molecule has 5 heteroatoms. The predicted molar refractivity (Wildman–Crippen MR) is 69.4 cm³/mol. The molecular formula is C13H16N4O. The van der Waals surface area contributed by atoms with E-state index in [9.17, 15) is 0 Å². The number of aromatic nitrogens is 2. The van der Waals surface area contributed by atoms with Gasteiger partial charge in [0.1, 0.15) is 12.1 Å². The lowest BCUT2D eigenvalue weighted by atomic mass is 10.2. The highest BCUT2D eigenvalue weighted by molar-refractivity contribution is 5.61. The Bertz CT molecular complexity index is 489. The molecule has 0 radical (unpaired) electrons. The van der Waals surface area contributed by atoms with Gasteiger partial charge in [0.25, 0.3) is 0 Å². The Morgan fingerprint density at radius 2 is 2.22 bits per heavy atom. The van der Waals surface area contributed by atoms with Crippen LogP contribution in [-0.4, -0.2) is 36.1 Å². The molecule has 0 unspecified atom stereocenters. The van der Waals surface area contributed by atoms with Crippen LogP contribution in [0.15, 0.2) is 35.4 Å². The second-order valence-corrected chi connectivity index (χ2v) is 4.36. The van der Waals surface area contributed by atoms with Crippen molar-refractivity contribution in [3.05, 3.63) is 31.0 Å². The van der Waals surface area contributed by atoms with Gasteiger partial charge in [0.05, 0.1) is 18.2 Å². The molecule has 1 saturated heterocycles. The fourth-order valence-corrected chi connectivity index (χ4v) is 2.16. The van der Waals surface area contributed by atoms with Gasteiger partial charge in [0.15, 0.2) is 0 Å². The van der Waals surface area contributed by atoms with E-state index in [1.807, 2.05) is 12.1 Å². The van der Waals surface area contributed by atoms with Crippen LogP contribution in [0.1, 0.15) is 6.42 Å². The number of furan rings is 1. The molecule has 2 aromatic rings. The molecule has 0 spiro atoms. The van der Waals surface area contributed by atoms with E-state index in [1.54, 1.807) is 18.9 Å². The molecule has 5 nitrogen and oxygen atoms in total. The van der Waals surface area contributed by atoms with Gasteiger partial charge in [-0.2, -0.15) is 0 Å². The largest absolute Gasteiger partial charge is 0.472 e. The van der Waals surface area contributed by atoms with Crippen molar-refractivity contribution >= 4 is 5.82 Å². The predicted octanol–water partition coefficient (Wildman–Crippen LogP) is 1.54. The van der Waals surface area contributed by atoms with Crippen molar-refractivity contribution in [2.45, 2.75) is 6.42 Å². The average Bonchev–Trinajstić information content (AvgIpc) is 2.82. The van der Waals surface area contributed by atoms with Crippen molar-refractivity contribution < 1.29 is 4.42 Å². The smallest absolute Gasteiger partial charge is 0.132 e. The van der Waals surface area contributed by atoms with E-state index in [1.165, 1.54) is 0 Å². The SMILES string of the molecule is c1nc(-c2ccoc2)cc(N2CCCNCC2)n1. The lowest BCUT2D eigenvalue weighted by molar-refractivity contribution is 0.568. The molecule has 94 valence electrons. The topological polar surface area (TPSA) is 54.2 Å². The van der Waals surface area contributed by atoms with E-state index in [2.05, 4.69) is 20.2 Å². The zero-order valence-corrected chi connectivity index (χ0v) is 10.2. The van der Waals surface area contributed by atoms with Crippen molar-refractivity contribution in [1.82, 2.24) is 15.3 Å². The third-order valence-electron chi connectivity index (χ3n) is 3.13. The van der Waals surface area contributed by atoms with Gasteiger partial charge < -0.3 is 14.6 Å². The van der Waals surface area contributed by atoms with Crippen LogP contribution in [-0.2, 0) is 0 Å². The summed E-state index contributed by atoms with van der Waals surface area (Å²) in [5, 5.41) is 3.39. The first kappa shape index (κ1) is 11.2. The summed E-state index contributed by atoms with van der Waals surface area (Å²) < 4.78 is 5.09. The fraction of sp³-hybridized carbons (Fsp3) is 0.385. The van der Waals surface area contributed by atoms with E-state index in [4.69, 9.17) is 4.42 Å². The molecule has 18 heavy (non-hydrogen) atoms. The summed E-state index contributed by atoms with van der Waals surface area (Å²) in [6.45, 7) is 4.11. The Labute approximate surface area is 106 Å². The van der Waals surface area contributed by atoms with Crippen LogP contribution in [0.2, 0.25) is 0 Å². The van der Waals surface area contributed by atoms with E-state index >= 15 is 0 Å².